The molecular weight excluding hydrogens is 190 g/mol. The summed E-state index contributed by atoms with van der Waals surface area (Å²) < 4.78 is 5.60. The second-order valence-corrected chi connectivity index (χ2v) is 3.45. The van der Waals surface area contributed by atoms with Crippen molar-refractivity contribution in [2.45, 2.75) is 0 Å². The van der Waals surface area contributed by atoms with Gasteiger partial charge in [0.1, 0.15) is 5.58 Å². The molecule has 1 N–H and O–H groups in total. The molecule has 74 valence electrons. The SMILES string of the molecule is O=c1c2c(oc3ccccc13)NCC=C2. The van der Waals surface area contributed by atoms with Crippen LogP contribution in [0.1, 0.15) is 5.56 Å². The Hall–Kier alpha value is -2.03. The van der Waals surface area contributed by atoms with Crippen molar-refractivity contribution in [1.29, 1.82) is 0 Å². The molecular formula is C12H9NO2. The van der Waals surface area contributed by atoms with Crippen LogP contribution in [0.3, 0.4) is 0 Å². The molecule has 0 amide bonds. The van der Waals surface area contributed by atoms with E-state index >= 15 is 0 Å². The van der Waals surface area contributed by atoms with Gasteiger partial charge in [0.2, 0.25) is 11.3 Å². The van der Waals surface area contributed by atoms with Crippen LogP contribution in [0, 0.1) is 0 Å². The molecule has 3 heteroatoms. The van der Waals surface area contributed by atoms with Gasteiger partial charge in [0.25, 0.3) is 0 Å². The Morgan fingerprint density at radius 3 is 3.07 bits per heavy atom. The van der Waals surface area contributed by atoms with Gasteiger partial charge >= 0.3 is 0 Å². The van der Waals surface area contributed by atoms with Crippen LogP contribution in [0.25, 0.3) is 17.0 Å². The van der Waals surface area contributed by atoms with Gasteiger partial charge in [0.05, 0.1) is 10.9 Å². The van der Waals surface area contributed by atoms with Crippen molar-refractivity contribution < 1.29 is 4.42 Å². The lowest BCUT2D eigenvalue weighted by Gasteiger charge is -2.11. The molecule has 1 aliphatic rings. The molecule has 0 radical (unpaired) electrons. The lowest BCUT2D eigenvalue weighted by molar-refractivity contribution is 0.614. The minimum absolute atomic E-state index is 0.0234. The van der Waals surface area contributed by atoms with Gasteiger partial charge in [-0.05, 0) is 18.2 Å². The highest BCUT2D eigenvalue weighted by atomic mass is 16.3. The first kappa shape index (κ1) is 8.29. The molecule has 0 saturated carbocycles. The highest BCUT2D eigenvalue weighted by Crippen LogP contribution is 2.22. The molecule has 15 heavy (non-hydrogen) atoms. The van der Waals surface area contributed by atoms with Gasteiger partial charge in [0, 0.05) is 6.54 Å². The molecule has 0 spiro atoms. The van der Waals surface area contributed by atoms with E-state index in [0.29, 0.717) is 29.0 Å². The molecule has 2 heterocycles. The summed E-state index contributed by atoms with van der Waals surface area (Å²) in [5.41, 5.74) is 1.26. The van der Waals surface area contributed by atoms with Crippen LogP contribution in [-0.2, 0) is 0 Å². The number of para-hydroxylation sites is 1. The number of fused-ring (bicyclic) bond motifs is 2. The van der Waals surface area contributed by atoms with E-state index in [2.05, 4.69) is 5.32 Å². The fourth-order valence-corrected chi connectivity index (χ4v) is 1.77. The third kappa shape index (κ3) is 1.16. The molecule has 1 aromatic heterocycles. The largest absolute Gasteiger partial charge is 0.440 e. The number of hydrogen-bond acceptors (Lipinski definition) is 3. The van der Waals surface area contributed by atoms with E-state index in [1.807, 2.05) is 24.3 Å². The van der Waals surface area contributed by atoms with Crippen molar-refractivity contribution in [3.8, 4) is 0 Å². The molecule has 0 unspecified atom stereocenters. The Bertz CT molecular complexity index is 611. The Kier molecular flexibility index (Phi) is 1.65. The summed E-state index contributed by atoms with van der Waals surface area (Å²) in [6.45, 7) is 0.703. The fraction of sp³-hybridized carbons (Fsp3) is 0.0833. The molecule has 0 fully saturated rings. The molecule has 0 aliphatic carbocycles. The maximum absolute atomic E-state index is 12.0. The number of hydrogen-bond donors (Lipinski definition) is 1. The van der Waals surface area contributed by atoms with Crippen molar-refractivity contribution in [3.05, 3.63) is 46.1 Å². The first-order chi connectivity index (χ1) is 7.36. The third-order valence-corrected chi connectivity index (χ3v) is 2.50. The van der Waals surface area contributed by atoms with E-state index in [-0.39, 0.29) is 5.43 Å². The zero-order valence-corrected chi connectivity index (χ0v) is 7.99. The van der Waals surface area contributed by atoms with Gasteiger partial charge in [0.15, 0.2) is 0 Å². The monoisotopic (exact) mass is 199 g/mol. The number of anilines is 1. The lowest BCUT2D eigenvalue weighted by atomic mass is 10.1. The summed E-state index contributed by atoms with van der Waals surface area (Å²) in [5.74, 6) is 0.571. The van der Waals surface area contributed by atoms with Crippen molar-refractivity contribution in [2.24, 2.45) is 0 Å². The second kappa shape index (κ2) is 2.98. The van der Waals surface area contributed by atoms with Crippen LogP contribution in [0.4, 0.5) is 5.88 Å². The summed E-state index contributed by atoms with van der Waals surface area (Å²) in [4.78, 5) is 12.0. The quantitative estimate of drug-likeness (QED) is 0.707. The van der Waals surface area contributed by atoms with Crippen molar-refractivity contribution in [3.63, 3.8) is 0 Å². The Balaban J connectivity index is 2.48. The van der Waals surface area contributed by atoms with E-state index in [9.17, 15) is 4.79 Å². The van der Waals surface area contributed by atoms with Gasteiger partial charge in [-0.1, -0.05) is 18.2 Å². The lowest BCUT2D eigenvalue weighted by Crippen LogP contribution is -2.13. The maximum atomic E-state index is 12.0. The van der Waals surface area contributed by atoms with E-state index in [1.54, 1.807) is 12.1 Å². The summed E-state index contributed by atoms with van der Waals surface area (Å²) >= 11 is 0. The summed E-state index contributed by atoms with van der Waals surface area (Å²) in [6.07, 6.45) is 3.72. The van der Waals surface area contributed by atoms with Crippen LogP contribution in [-0.4, -0.2) is 6.54 Å². The highest BCUT2D eigenvalue weighted by Gasteiger charge is 2.13. The minimum Gasteiger partial charge on any atom is -0.440 e. The van der Waals surface area contributed by atoms with Crippen LogP contribution in [0.15, 0.2) is 39.6 Å². The van der Waals surface area contributed by atoms with E-state index < -0.39 is 0 Å². The molecule has 1 aromatic carbocycles. The maximum Gasteiger partial charge on any atom is 0.205 e. The van der Waals surface area contributed by atoms with Crippen LogP contribution >= 0.6 is 0 Å². The van der Waals surface area contributed by atoms with Gasteiger partial charge in [-0.15, -0.1) is 0 Å². The standard InChI is InChI=1S/C12H9NO2/c14-11-8-4-1-2-6-10(8)15-12-9(11)5-3-7-13-12/h1-6,13H,7H2. The Morgan fingerprint density at radius 1 is 1.27 bits per heavy atom. The highest BCUT2D eigenvalue weighted by molar-refractivity contribution is 5.82. The number of rotatable bonds is 0. The molecule has 2 aromatic rings. The van der Waals surface area contributed by atoms with Gasteiger partial charge in [-0.2, -0.15) is 0 Å². The van der Waals surface area contributed by atoms with E-state index in [1.165, 1.54) is 0 Å². The van der Waals surface area contributed by atoms with Gasteiger partial charge in [-0.25, -0.2) is 0 Å². The first-order valence-corrected chi connectivity index (χ1v) is 4.82. The van der Waals surface area contributed by atoms with E-state index in [4.69, 9.17) is 4.42 Å². The summed E-state index contributed by atoms with van der Waals surface area (Å²) in [6, 6.07) is 7.28. The van der Waals surface area contributed by atoms with Crippen molar-refractivity contribution in [1.82, 2.24) is 0 Å². The predicted molar refractivity (Wildman–Crippen MR) is 60.0 cm³/mol. The molecule has 1 aliphatic heterocycles. The molecule has 3 rings (SSSR count). The zero-order valence-electron chi connectivity index (χ0n) is 7.99. The molecule has 0 bridgehead atoms. The van der Waals surface area contributed by atoms with Gasteiger partial charge < -0.3 is 9.73 Å². The summed E-state index contributed by atoms with van der Waals surface area (Å²) in [5, 5.41) is 3.67. The zero-order chi connectivity index (χ0) is 10.3. The molecule has 0 atom stereocenters. The Morgan fingerprint density at radius 2 is 2.13 bits per heavy atom. The Labute approximate surface area is 86.0 Å². The number of benzene rings is 1. The predicted octanol–water partition coefficient (Wildman–Crippen LogP) is 2.23. The van der Waals surface area contributed by atoms with Gasteiger partial charge in [-0.3, -0.25) is 4.79 Å². The second-order valence-electron chi connectivity index (χ2n) is 3.45. The van der Waals surface area contributed by atoms with Crippen LogP contribution in [0.5, 0.6) is 0 Å². The number of nitrogens with one attached hydrogen (secondary N) is 1. The topological polar surface area (TPSA) is 42.2 Å². The smallest absolute Gasteiger partial charge is 0.205 e. The average Bonchev–Trinajstić information content (AvgIpc) is 2.30. The normalized spacial score (nSPS) is 13.6. The minimum atomic E-state index is 0.0234. The first-order valence-electron chi connectivity index (χ1n) is 4.82. The van der Waals surface area contributed by atoms with Crippen LogP contribution in [0.2, 0.25) is 0 Å². The summed E-state index contributed by atoms with van der Waals surface area (Å²) in [7, 11) is 0. The average molecular weight is 199 g/mol. The fourth-order valence-electron chi connectivity index (χ4n) is 1.77. The van der Waals surface area contributed by atoms with Crippen molar-refractivity contribution in [2.75, 3.05) is 11.9 Å². The van der Waals surface area contributed by atoms with Crippen molar-refractivity contribution >= 4 is 22.9 Å². The molecule has 3 nitrogen and oxygen atoms in total. The molecule has 0 saturated heterocycles. The third-order valence-electron chi connectivity index (χ3n) is 2.50. The van der Waals surface area contributed by atoms with E-state index in [0.717, 1.165) is 0 Å². The van der Waals surface area contributed by atoms with Crippen LogP contribution < -0.4 is 10.7 Å².